The first-order valence-electron chi connectivity index (χ1n) is 8.53. The van der Waals surface area contributed by atoms with E-state index in [1.165, 1.54) is 12.1 Å². The van der Waals surface area contributed by atoms with E-state index >= 15 is 0 Å². The zero-order valence-corrected chi connectivity index (χ0v) is 14.0. The molecule has 0 aliphatic carbocycles. The van der Waals surface area contributed by atoms with Crippen LogP contribution < -0.4 is 0 Å². The molecule has 2 aliphatic rings. The first kappa shape index (κ1) is 16.5. The van der Waals surface area contributed by atoms with Gasteiger partial charge in [-0.1, -0.05) is 47.5 Å². The fraction of sp³-hybridized carbons (Fsp3) is 0.250. The molecule has 1 saturated heterocycles. The van der Waals surface area contributed by atoms with Crippen molar-refractivity contribution in [3.63, 3.8) is 0 Å². The highest BCUT2D eigenvalue weighted by Crippen LogP contribution is 2.32. The Morgan fingerprint density at radius 3 is 2.23 bits per heavy atom. The van der Waals surface area contributed by atoms with E-state index in [1.807, 2.05) is 30.3 Å². The van der Waals surface area contributed by atoms with Crippen molar-refractivity contribution in [3.8, 4) is 0 Å². The zero-order valence-electron chi connectivity index (χ0n) is 14.0. The number of hydrogen-bond donors (Lipinski definition) is 0. The Bertz CT molecular complexity index is 829. The van der Waals surface area contributed by atoms with Crippen LogP contribution in [-0.4, -0.2) is 35.6 Å². The molecule has 2 aromatic carbocycles. The minimum absolute atomic E-state index is 0.173. The largest absolute Gasteiger partial charge is 0.366 e. The number of imide groups is 1. The van der Waals surface area contributed by atoms with Gasteiger partial charge in [0.2, 0.25) is 0 Å². The van der Waals surface area contributed by atoms with E-state index in [1.54, 1.807) is 12.1 Å². The third-order valence-electron chi connectivity index (χ3n) is 4.72. The second-order valence-electron chi connectivity index (χ2n) is 6.31. The topological polar surface area (TPSA) is 72.9 Å². The fourth-order valence-electron chi connectivity index (χ4n) is 3.45. The van der Waals surface area contributed by atoms with E-state index in [0.717, 1.165) is 18.4 Å². The molecule has 0 unspecified atom stereocenters. The normalized spacial score (nSPS) is 22.2. The summed E-state index contributed by atoms with van der Waals surface area (Å²) in [6.45, 7) is 0.436. The molecule has 132 valence electrons. The molecule has 6 nitrogen and oxygen atoms in total. The molecule has 1 fully saturated rings. The van der Waals surface area contributed by atoms with Crippen LogP contribution in [0.25, 0.3) is 0 Å². The number of hydroxylamine groups is 2. The smallest absolute Gasteiger partial charge is 0.362 e. The van der Waals surface area contributed by atoms with E-state index in [0.29, 0.717) is 11.7 Å². The van der Waals surface area contributed by atoms with Gasteiger partial charge in [-0.15, -0.1) is 0 Å². The highest BCUT2D eigenvalue weighted by atomic mass is 16.7. The molecule has 0 N–H and O–H groups in total. The molecule has 0 bridgehead atoms. The van der Waals surface area contributed by atoms with Gasteiger partial charge >= 0.3 is 5.97 Å². The van der Waals surface area contributed by atoms with Crippen LogP contribution in [0.1, 0.15) is 45.0 Å². The molecule has 4 rings (SSSR count). The average Bonchev–Trinajstić information content (AvgIpc) is 2.94. The van der Waals surface area contributed by atoms with Gasteiger partial charge in [0.05, 0.1) is 11.1 Å². The van der Waals surface area contributed by atoms with Crippen LogP contribution in [0.15, 0.2) is 54.6 Å². The number of ether oxygens (including phenoxy) is 1. The molecule has 2 amide bonds. The fourth-order valence-corrected chi connectivity index (χ4v) is 3.45. The number of amides is 2. The van der Waals surface area contributed by atoms with Gasteiger partial charge in [0, 0.05) is 12.5 Å². The summed E-state index contributed by atoms with van der Waals surface area (Å²) in [6.07, 6.45) is 0.748. The van der Waals surface area contributed by atoms with Gasteiger partial charge in [-0.3, -0.25) is 9.59 Å². The molecular formula is C20H17NO5. The molecule has 6 heteroatoms. The molecule has 26 heavy (non-hydrogen) atoms. The number of nitrogens with zero attached hydrogens (tertiary/aromatic N) is 1. The summed E-state index contributed by atoms with van der Waals surface area (Å²) in [5.41, 5.74) is 1.43. The lowest BCUT2D eigenvalue weighted by atomic mass is 9.87. The van der Waals surface area contributed by atoms with Crippen LogP contribution in [0.3, 0.4) is 0 Å². The molecule has 2 aromatic rings. The SMILES string of the molecule is O=C(ON1C(=O)c2ccccc2C1=O)[C@@H]1OCCC[C@@H]1c1ccccc1. The van der Waals surface area contributed by atoms with Gasteiger partial charge in [-0.2, -0.15) is 0 Å². The van der Waals surface area contributed by atoms with Gasteiger partial charge < -0.3 is 9.57 Å². The van der Waals surface area contributed by atoms with Crippen LogP contribution >= 0.6 is 0 Å². The van der Waals surface area contributed by atoms with Crippen molar-refractivity contribution in [2.75, 3.05) is 6.61 Å². The second kappa shape index (κ2) is 6.72. The van der Waals surface area contributed by atoms with E-state index < -0.39 is 23.9 Å². The summed E-state index contributed by atoms with van der Waals surface area (Å²) in [7, 11) is 0. The standard InChI is InChI=1S/C20H17NO5/c22-18-15-9-4-5-10-16(15)19(23)21(18)26-20(24)17-14(11-6-12-25-17)13-7-2-1-3-8-13/h1-5,7-10,14,17H,6,11-12H2/t14-,17-/m1/s1. The lowest BCUT2D eigenvalue weighted by Gasteiger charge is -2.30. The van der Waals surface area contributed by atoms with Crippen LogP contribution in [0.4, 0.5) is 0 Å². The van der Waals surface area contributed by atoms with Crippen LogP contribution in [0.5, 0.6) is 0 Å². The molecule has 0 radical (unpaired) electrons. The number of hydrogen-bond acceptors (Lipinski definition) is 5. The zero-order chi connectivity index (χ0) is 18.1. The lowest BCUT2D eigenvalue weighted by Crippen LogP contribution is -2.42. The third-order valence-corrected chi connectivity index (χ3v) is 4.72. The summed E-state index contributed by atoms with van der Waals surface area (Å²) in [5, 5.41) is 0.535. The number of fused-ring (bicyclic) bond motifs is 1. The van der Waals surface area contributed by atoms with E-state index in [2.05, 4.69) is 0 Å². The maximum absolute atomic E-state index is 12.7. The summed E-state index contributed by atoms with van der Waals surface area (Å²) < 4.78 is 5.64. The number of carbonyl (C=O) groups is 3. The highest BCUT2D eigenvalue weighted by molar-refractivity contribution is 6.20. The summed E-state index contributed by atoms with van der Waals surface area (Å²) in [5.74, 6) is -2.17. The molecular weight excluding hydrogens is 334 g/mol. The molecule has 2 aliphatic heterocycles. The van der Waals surface area contributed by atoms with Crippen LogP contribution in [-0.2, 0) is 14.4 Å². The first-order valence-corrected chi connectivity index (χ1v) is 8.53. The summed E-state index contributed by atoms with van der Waals surface area (Å²) >= 11 is 0. The molecule has 2 heterocycles. The van der Waals surface area contributed by atoms with Gasteiger partial charge in [-0.05, 0) is 30.5 Å². The van der Waals surface area contributed by atoms with Crippen molar-refractivity contribution < 1.29 is 24.0 Å². The van der Waals surface area contributed by atoms with Gasteiger partial charge in [0.15, 0.2) is 6.10 Å². The predicted molar refractivity (Wildman–Crippen MR) is 91.2 cm³/mol. The van der Waals surface area contributed by atoms with Crippen molar-refractivity contribution in [1.82, 2.24) is 5.06 Å². The minimum Gasteiger partial charge on any atom is -0.366 e. The maximum Gasteiger partial charge on any atom is 0.362 e. The van der Waals surface area contributed by atoms with Crippen LogP contribution in [0, 0.1) is 0 Å². The second-order valence-corrected chi connectivity index (χ2v) is 6.31. The Morgan fingerprint density at radius 1 is 0.962 bits per heavy atom. The summed E-state index contributed by atoms with van der Waals surface area (Å²) in [6, 6.07) is 16.0. The van der Waals surface area contributed by atoms with Crippen molar-refractivity contribution in [1.29, 1.82) is 0 Å². The number of benzene rings is 2. The third kappa shape index (κ3) is 2.78. The van der Waals surface area contributed by atoms with E-state index in [9.17, 15) is 14.4 Å². The summed E-state index contributed by atoms with van der Waals surface area (Å²) in [4.78, 5) is 42.6. The lowest BCUT2D eigenvalue weighted by molar-refractivity contribution is -0.186. The van der Waals surface area contributed by atoms with Crippen molar-refractivity contribution in [3.05, 3.63) is 71.3 Å². The molecule has 0 saturated carbocycles. The van der Waals surface area contributed by atoms with Gasteiger partial charge in [0.1, 0.15) is 0 Å². The predicted octanol–water partition coefficient (Wildman–Crippen LogP) is 2.70. The number of rotatable bonds is 3. The minimum atomic E-state index is -0.851. The number of carbonyl (C=O) groups excluding carboxylic acids is 3. The van der Waals surface area contributed by atoms with Gasteiger partial charge in [0.25, 0.3) is 11.8 Å². The molecule has 0 spiro atoms. The van der Waals surface area contributed by atoms with Crippen molar-refractivity contribution in [2.45, 2.75) is 24.9 Å². The van der Waals surface area contributed by atoms with Gasteiger partial charge in [-0.25, -0.2) is 4.79 Å². The highest BCUT2D eigenvalue weighted by Gasteiger charge is 2.42. The Morgan fingerprint density at radius 2 is 1.58 bits per heavy atom. The maximum atomic E-state index is 12.7. The Hall–Kier alpha value is -2.99. The van der Waals surface area contributed by atoms with Crippen LogP contribution in [0.2, 0.25) is 0 Å². The Kier molecular flexibility index (Phi) is 4.26. The van der Waals surface area contributed by atoms with E-state index in [-0.39, 0.29) is 17.0 Å². The molecule has 0 aromatic heterocycles. The Balaban J connectivity index is 1.54. The quantitative estimate of drug-likeness (QED) is 0.795. The monoisotopic (exact) mass is 351 g/mol. The Labute approximate surface area is 150 Å². The molecule has 2 atom stereocenters. The first-order chi connectivity index (χ1) is 12.7. The van der Waals surface area contributed by atoms with E-state index in [4.69, 9.17) is 9.57 Å². The van der Waals surface area contributed by atoms with Crippen molar-refractivity contribution in [2.24, 2.45) is 0 Å². The van der Waals surface area contributed by atoms with Crippen molar-refractivity contribution >= 4 is 17.8 Å². The average molecular weight is 351 g/mol.